The number of carbonyl (C=O) groups is 2. The largest absolute Gasteiger partial charge is 0.478 e. The molecule has 2 aromatic rings. The summed E-state index contributed by atoms with van der Waals surface area (Å²) in [6.45, 7) is 9.30. The third-order valence-corrected chi connectivity index (χ3v) is 5.73. The van der Waals surface area contributed by atoms with Gasteiger partial charge in [0.2, 0.25) is 0 Å². The summed E-state index contributed by atoms with van der Waals surface area (Å²) >= 11 is 1.88. The van der Waals surface area contributed by atoms with Gasteiger partial charge >= 0.3 is 11.9 Å². The van der Waals surface area contributed by atoms with Crippen molar-refractivity contribution in [2.45, 2.75) is 39.3 Å². The Morgan fingerprint density at radius 3 is 2.41 bits per heavy atom. The predicted molar refractivity (Wildman–Crippen MR) is 117 cm³/mol. The van der Waals surface area contributed by atoms with Gasteiger partial charge in [-0.15, -0.1) is 11.3 Å². The van der Waals surface area contributed by atoms with E-state index in [0.29, 0.717) is 12.2 Å². The minimum Gasteiger partial charge on any atom is -0.478 e. The minimum absolute atomic E-state index is 0.558. The van der Waals surface area contributed by atoms with Crippen molar-refractivity contribution in [1.29, 1.82) is 0 Å². The zero-order valence-electron chi connectivity index (χ0n) is 17.0. The smallest absolute Gasteiger partial charge is 0.328 e. The van der Waals surface area contributed by atoms with Crippen LogP contribution < -0.4 is 5.32 Å². The Balaban J connectivity index is 0.000000321. The SMILES string of the molecule is CC(C)CN(Cc1cccc2ccsc12)C1CCNCC1.O=C(O)C=CC(=O)O. The highest BCUT2D eigenvalue weighted by atomic mass is 32.1. The number of nitrogens with one attached hydrogen (secondary N) is 1. The number of fused-ring (bicyclic) bond motifs is 1. The van der Waals surface area contributed by atoms with Gasteiger partial charge in [0.15, 0.2) is 0 Å². The second-order valence-electron chi connectivity index (χ2n) is 7.57. The second kappa shape index (κ2) is 11.7. The maximum Gasteiger partial charge on any atom is 0.328 e. The first-order valence-electron chi connectivity index (χ1n) is 9.90. The number of carboxylic acid groups (broad SMARTS) is 2. The highest BCUT2D eigenvalue weighted by Gasteiger charge is 2.22. The summed E-state index contributed by atoms with van der Waals surface area (Å²) in [5.41, 5.74) is 1.50. The molecule has 3 rings (SSSR count). The molecule has 6 nitrogen and oxygen atoms in total. The molecule has 3 N–H and O–H groups in total. The van der Waals surface area contributed by atoms with Crippen LogP contribution in [-0.2, 0) is 16.1 Å². The van der Waals surface area contributed by atoms with Crippen LogP contribution in [0.5, 0.6) is 0 Å². The van der Waals surface area contributed by atoms with Crippen LogP contribution in [0.15, 0.2) is 41.8 Å². The summed E-state index contributed by atoms with van der Waals surface area (Å²) in [6.07, 6.45) is 3.69. The Morgan fingerprint density at radius 2 is 1.83 bits per heavy atom. The molecular formula is C22H30N2O4S. The number of thiophene rings is 1. The van der Waals surface area contributed by atoms with Gasteiger partial charge in [-0.3, -0.25) is 4.90 Å². The molecule has 0 amide bonds. The van der Waals surface area contributed by atoms with Gasteiger partial charge < -0.3 is 15.5 Å². The molecule has 158 valence electrons. The van der Waals surface area contributed by atoms with E-state index in [9.17, 15) is 9.59 Å². The molecule has 1 aliphatic heterocycles. The molecule has 0 aliphatic carbocycles. The van der Waals surface area contributed by atoms with Gasteiger partial charge in [-0.05, 0) is 54.2 Å². The molecule has 1 saturated heterocycles. The third-order valence-electron chi connectivity index (χ3n) is 4.73. The highest BCUT2D eigenvalue weighted by molar-refractivity contribution is 7.17. The number of nitrogens with zero attached hydrogens (tertiary/aromatic N) is 1. The van der Waals surface area contributed by atoms with Crippen LogP contribution in [0.1, 0.15) is 32.3 Å². The van der Waals surface area contributed by atoms with E-state index in [1.165, 1.54) is 48.1 Å². The fourth-order valence-corrected chi connectivity index (χ4v) is 4.43. The maximum absolute atomic E-state index is 9.55. The Bertz CT molecular complexity index is 809. The first-order valence-corrected chi connectivity index (χ1v) is 10.8. The Labute approximate surface area is 175 Å². The lowest BCUT2D eigenvalue weighted by Crippen LogP contribution is -2.44. The van der Waals surface area contributed by atoms with Gasteiger partial charge in [0.25, 0.3) is 0 Å². The van der Waals surface area contributed by atoms with Crippen LogP contribution >= 0.6 is 11.3 Å². The summed E-state index contributed by atoms with van der Waals surface area (Å²) in [6, 6.07) is 9.73. The van der Waals surface area contributed by atoms with Crippen LogP contribution in [0.25, 0.3) is 10.1 Å². The van der Waals surface area contributed by atoms with E-state index >= 15 is 0 Å². The topological polar surface area (TPSA) is 89.9 Å². The molecule has 1 fully saturated rings. The Hall–Kier alpha value is -2.22. The fraction of sp³-hybridized carbons (Fsp3) is 0.455. The molecule has 1 aromatic heterocycles. The van der Waals surface area contributed by atoms with Gasteiger partial charge in [-0.2, -0.15) is 0 Å². The van der Waals surface area contributed by atoms with E-state index in [0.717, 1.165) is 18.5 Å². The molecule has 0 unspecified atom stereocenters. The summed E-state index contributed by atoms with van der Waals surface area (Å²) in [7, 11) is 0. The number of hydrogen-bond donors (Lipinski definition) is 3. The van der Waals surface area contributed by atoms with E-state index in [1.54, 1.807) is 0 Å². The van der Waals surface area contributed by atoms with Crippen molar-refractivity contribution in [2.75, 3.05) is 19.6 Å². The third kappa shape index (κ3) is 7.97. The van der Waals surface area contributed by atoms with E-state index in [2.05, 4.69) is 53.7 Å². The lowest BCUT2D eigenvalue weighted by atomic mass is 10.0. The average molecular weight is 419 g/mol. The van der Waals surface area contributed by atoms with Crippen LogP contribution in [0, 0.1) is 5.92 Å². The van der Waals surface area contributed by atoms with Gasteiger partial charge in [-0.1, -0.05) is 32.0 Å². The first kappa shape index (κ1) is 23.1. The second-order valence-corrected chi connectivity index (χ2v) is 8.49. The molecule has 0 bridgehead atoms. The van der Waals surface area contributed by atoms with Crippen molar-refractivity contribution >= 4 is 33.4 Å². The quantitative estimate of drug-likeness (QED) is 0.592. The average Bonchev–Trinajstić information content (AvgIpc) is 3.16. The van der Waals surface area contributed by atoms with E-state index in [-0.39, 0.29) is 0 Å². The fourth-order valence-electron chi connectivity index (χ4n) is 3.52. The van der Waals surface area contributed by atoms with Crippen molar-refractivity contribution in [3.05, 3.63) is 47.4 Å². The van der Waals surface area contributed by atoms with E-state index in [4.69, 9.17) is 10.2 Å². The van der Waals surface area contributed by atoms with Crippen molar-refractivity contribution in [3.63, 3.8) is 0 Å². The van der Waals surface area contributed by atoms with Crippen molar-refractivity contribution < 1.29 is 19.8 Å². The number of piperidine rings is 1. The molecule has 0 saturated carbocycles. The number of carboxylic acids is 2. The number of benzene rings is 1. The minimum atomic E-state index is -1.26. The van der Waals surface area contributed by atoms with Gasteiger partial charge in [0.05, 0.1) is 0 Å². The lowest BCUT2D eigenvalue weighted by Gasteiger charge is -2.36. The van der Waals surface area contributed by atoms with Crippen molar-refractivity contribution in [2.24, 2.45) is 5.92 Å². The van der Waals surface area contributed by atoms with Crippen LogP contribution in [0.4, 0.5) is 0 Å². The van der Waals surface area contributed by atoms with Crippen LogP contribution in [0.3, 0.4) is 0 Å². The molecule has 2 heterocycles. The summed E-state index contributed by atoms with van der Waals surface area (Å²) in [5.74, 6) is -1.79. The first-order chi connectivity index (χ1) is 13.9. The monoisotopic (exact) mass is 418 g/mol. The summed E-state index contributed by atoms with van der Waals surface area (Å²) in [5, 5.41) is 22.7. The van der Waals surface area contributed by atoms with Crippen LogP contribution in [-0.4, -0.2) is 52.7 Å². The molecule has 0 radical (unpaired) electrons. The van der Waals surface area contributed by atoms with Crippen LogP contribution in [0.2, 0.25) is 0 Å². The number of rotatable bonds is 7. The molecule has 7 heteroatoms. The molecule has 29 heavy (non-hydrogen) atoms. The van der Waals surface area contributed by atoms with E-state index in [1.807, 2.05) is 11.3 Å². The normalized spacial score (nSPS) is 15.0. The maximum atomic E-state index is 9.55. The molecule has 0 spiro atoms. The molecular weight excluding hydrogens is 388 g/mol. The van der Waals surface area contributed by atoms with Crippen molar-refractivity contribution in [1.82, 2.24) is 10.2 Å². The van der Waals surface area contributed by atoms with Gasteiger partial charge in [-0.25, -0.2) is 9.59 Å². The number of aliphatic carboxylic acids is 2. The Kier molecular flexibility index (Phi) is 9.31. The van der Waals surface area contributed by atoms with Gasteiger partial charge in [0, 0.05) is 36.0 Å². The molecule has 1 aromatic carbocycles. The molecule has 0 atom stereocenters. The standard InChI is InChI=1S/C18H26N2S.C4H4O4/c1-14(2)12-20(17-6-9-19-10-7-17)13-16-5-3-4-15-8-11-21-18(15)16;5-3(6)1-2-4(7)8/h3-5,8,11,14,17,19H,6-7,9-10,12-13H2,1-2H3;1-2H,(H,5,6)(H,7,8). The highest BCUT2D eigenvalue weighted by Crippen LogP contribution is 2.27. The zero-order valence-corrected chi connectivity index (χ0v) is 17.8. The Morgan fingerprint density at radius 1 is 1.17 bits per heavy atom. The van der Waals surface area contributed by atoms with Crippen molar-refractivity contribution in [3.8, 4) is 0 Å². The zero-order chi connectivity index (χ0) is 21.2. The summed E-state index contributed by atoms with van der Waals surface area (Å²) < 4.78 is 1.47. The predicted octanol–water partition coefficient (Wildman–Crippen LogP) is 3.82. The van der Waals surface area contributed by atoms with Gasteiger partial charge in [0.1, 0.15) is 0 Å². The number of hydrogen-bond acceptors (Lipinski definition) is 5. The molecule has 1 aliphatic rings. The van der Waals surface area contributed by atoms with E-state index < -0.39 is 11.9 Å². The summed E-state index contributed by atoms with van der Waals surface area (Å²) in [4.78, 5) is 21.8. The lowest BCUT2D eigenvalue weighted by molar-refractivity contribution is -0.134.